The van der Waals surface area contributed by atoms with Crippen LogP contribution in [0, 0.1) is 6.92 Å². The van der Waals surface area contributed by atoms with Gasteiger partial charge in [-0.15, -0.1) is 0 Å². The smallest absolute Gasteiger partial charge is 0.257 e. The summed E-state index contributed by atoms with van der Waals surface area (Å²) in [5.41, 5.74) is 1.72. The van der Waals surface area contributed by atoms with Gasteiger partial charge in [-0.1, -0.05) is 0 Å². The number of furan rings is 1. The Hall–Kier alpha value is -2.08. The van der Waals surface area contributed by atoms with Gasteiger partial charge in [-0.3, -0.25) is 4.79 Å². The van der Waals surface area contributed by atoms with E-state index in [-0.39, 0.29) is 11.9 Å². The van der Waals surface area contributed by atoms with Crippen molar-refractivity contribution in [3.63, 3.8) is 0 Å². The molecule has 0 bridgehead atoms. The summed E-state index contributed by atoms with van der Waals surface area (Å²) in [5, 5.41) is 0. The van der Waals surface area contributed by atoms with Crippen LogP contribution in [0.3, 0.4) is 0 Å². The number of carbonyl (C=O) groups is 1. The van der Waals surface area contributed by atoms with E-state index in [0.29, 0.717) is 18.7 Å². The summed E-state index contributed by atoms with van der Waals surface area (Å²) < 4.78 is 12.5. The zero-order valence-corrected chi connectivity index (χ0v) is 13.0. The van der Waals surface area contributed by atoms with E-state index in [1.807, 2.05) is 18.0 Å². The summed E-state index contributed by atoms with van der Waals surface area (Å²) in [4.78, 5) is 18.8. The standard InChI is InChI=1S/C16H21N3O3/c1-12-8-17-15(11-21-2)19(12)14-4-3-6-18(9-14)16(20)13-5-7-22-10-13/h5,7-8,10,14H,3-4,6,9,11H2,1-2H3. The molecule has 3 rings (SSSR count). The number of ether oxygens (including phenoxy) is 1. The van der Waals surface area contributed by atoms with Crippen LogP contribution >= 0.6 is 0 Å². The molecule has 1 atom stereocenters. The highest BCUT2D eigenvalue weighted by Gasteiger charge is 2.27. The maximum Gasteiger partial charge on any atom is 0.257 e. The summed E-state index contributed by atoms with van der Waals surface area (Å²) in [6, 6.07) is 1.96. The molecule has 22 heavy (non-hydrogen) atoms. The average Bonchev–Trinajstić information content (AvgIpc) is 3.17. The number of hydrogen-bond donors (Lipinski definition) is 0. The van der Waals surface area contributed by atoms with Crippen LogP contribution in [0.2, 0.25) is 0 Å². The molecule has 0 radical (unpaired) electrons. The predicted molar refractivity (Wildman–Crippen MR) is 80.6 cm³/mol. The molecule has 6 heteroatoms. The van der Waals surface area contributed by atoms with Gasteiger partial charge < -0.3 is 18.6 Å². The van der Waals surface area contributed by atoms with Crippen molar-refractivity contribution in [2.24, 2.45) is 0 Å². The van der Waals surface area contributed by atoms with E-state index < -0.39 is 0 Å². The molecule has 118 valence electrons. The highest BCUT2D eigenvalue weighted by atomic mass is 16.5. The van der Waals surface area contributed by atoms with Crippen LogP contribution in [0.25, 0.3) is 0 Å². The lowest BCUT2D eigenvalue weighted by molar-refractivity contribution is 0.0671. The van der Waals surface area contributed by atoms with Crippen molar-refractivity contribution >= 4 is 5.91 Å². The first-order valence-corrected chi connectivity index (χ1v) is 7.54. The minimum absolute atomic E-state index is 0.0320. The Labute approximate surface area is 129 Å². The van der Waals surface area contributed by atoms with Crippen molar-refractivity contribution in [2.75, 3.05) is 20.2 Å². The van der Waals surface area contributed by atoms with Crippen LogP contribution in [0.4, 0.5) is 0 Å². The molecule has 2 aromatic rings. The van der Waals surface area contributed by atoms with Gasteiger partial charge in [-0.2, -0.15) is 0 Å². The summed E-state index contributed by atoms with van der Waals surface area (Å²) in [6.07, 6.45) is 6.93. The van der Waals surface area contributed by atoms with Gasteiger partial charge in [0.05, 0.1) is 17.9 Å². The second-order valence-electron chi connectivity index (χ2n) is 5.68. The molecule has 1 aliphatic heterocycles. The van der Waals surface area contributed by atoms with Gasteiger partial charge in [0.1, 0.15) is 18.7 Å². The average molecular weight is 303 g/mol. The van der Waals surface area contributed by atoms with Gasteiger partial charge in [0.25, 0.3) is 5.91 Å². The number of piperidine rings is 1. The summed E-state index contributed by atoms with van der Waals surface area (Å²) in [7, 11) is 1.67. The van der Waals surface area contributed by atoms with E-state index in [1.54, 1.807) is 13.2 Å². The number of amides is 1. The normalized spacial score (nSPS) is 18.6. The molecule has 6 nitrogen and oxygen atoms in total. The first-order valence-electron chi connectivity index (χ1n) is 7.54. The Morgan fingerprint density at radius 3 is 3.14 bits per heavy atom. The topological polar surface area (TPSA) is 60.5 Å². The van der Waals surface area contributed by atoms with Crippen LogP contribution in [0.5, 0.6) is 0 Å². The third-order valence-electron chi connectivity index (χ3n) is 4.15. The van der Waals surface area contributed by atoms with Gasteiger partial charge in [0, 0.05) is 32.1 Å². The van der Waals surface area contributed by atoms with Crippen molar-refractivity contribution in [1.29, 1.82) is 0 Å². The van der Waals surface area contributed by atoms with E-state index in [1.165, 1.54) is 12.5 Å². The van der Waals surface area contributed by atoms with E-state index >= 15 is 0 Å². The summed E-state index contributed by atoms with van der Waals surface area (Å²) in [6.45, 7) is 4.01. The molecule has 3 heterocycles. The number of hydrogen-bond acceptors (Lipinski definition) is 4. The molecule has 0 N–H and O–H groups in total. The summed E-state index contributed by atoms with van der Waals surface area (Å²) >= 11 is 0. The SMILES string of the molecule is COCc1ncc(C)n1C1CCCN(C(=O)c2ccoc2)C1. The van der Waals surface area contributed by atoms with Gasteiger partial charge >= 0.3 is 0 Å². The number of rotatable bonds is 4. The number of aromatic nitrogens is 2. The molecule has 0 spiro atoms. The van der Waals surface area contributed by atoms with E-state index in [0.717, 1.165) is 30.9 Å². The highest BCUT2D eigenvalue weighted by molar-refractivity contribution is 5.93. The number of aryl methyl sites for hydroxylation is 1. The molecule has 0 saturated carbocycles. The minimum atomic E-state index is 0.0320. The van der Waals surface area contributed by atoms with Gasteiger partial charge in [-0.25, -0.2) is 4.98 Å². The number of likely N-dealkylation sites (tertiary alicyclic amines) is 1. The summed E-state index contributed by atoms with van der Waals surface area (Å²) in [5.74, 6) is 0.951. The van der Waals surface area contributed by atoms with E-state index in [4.69, 9.17) is 9.15 Å². The fourth-order valence-electron chi connectivity index (χ4n) is 3.15. The second kappa shape index (κ2) is 6.36. The Morgan fingerprint density at radius 1 is 1.55 bits per heavy atom. The van der Waals surface area contributed by atoms with Crippen molar-refractivity contribution < 1.29 is 13.9 Å². The van der Waals surface area contributed by atoms with Gasteiger partial charge in [0.15, 0.2) is 0 Å². The van der Waals surface area contributed by atoms with Crippen molar-refractivity contribution in [1.82, 2.24) is 14.5 Å². The lowest BCUT2D eigenvalue weighted by Gasteiger charge is -2.34. The fourth-order valence-corrected chi connectivity index (χ4v) is 3.15. The fraction of sp³-hybridized carbons (Fsp3) is 0.500. The number of imidazole rings is 1. The third kappa shape index (κ3) is 2.78. The monoisotopic (exact) mass is 303 g/mol. The first kappa shape index (κ1) is 14.8. The molecule has 1 unspecified atom stereocenters. The molecule has 1 saturated heterocycles. The molecular formula is C16H21N3O3. The van der Waals surface area contributed by atoms with Crippen molar-refractivity contribution in [3.8, 4) is 0 Å². The highest BCUT2D eigenvalue weighted by Crippen LogP contribution is 2.26. The first-order chi connectivity index (χ1) is 10.7. The lowest BCUT2D eigenvalue weighted by atomic mass is 10.0. The number of methoxy groups -OCH3 is 1. The maximum absolute atomic E-state index is 12.5. The largest absolute Gasteiger partial charge is 0.472 e. The van der Waals surface area contributed by atoms with Crippen LogP contribution in [-0.2, 0) is 11.3 Å². The molecule has 2 aromatic heterocycles. The third-order valence-corrected chi connectivity index (χ3v) is 4.15. The van der Waals surface area contributed by atoms with Crippen molar-refractivity contribution in [3.05, 3.63) is 41.9 Å². The second-order valence-corrected chi connectivity index (χ2v) is 5.68. The Balaban J connectivity index is 1.79. The molecular weight excluding hydrogens is 282 g/mol. The van der Waals surface area contributed by atoms with Gasteiger partial charge in [0.2, 0.25) is 0 Å². The molecule has 1 fully saturated rings. The minimum Gasteiger partial charge on any atom is -0.472 e. The van der Waals surface area contributed by atoms with Crippen molar-refractivity contribution in [2.45, 2.75) is 32.4 Å². The lowest BCUT2D eigenvalue weighted by Crippen LogP contribution is -2.41. The maximum atomic E-state index is 12.5. The zero-order chi connectivity index (χ0) is 15.5. The predicted octanol–water partition coefficient (Wildman–Crippen LogP) is 2.41. The van der Waals surface area contributed by atoms with Gasteiger partial charge in [-0.05, 0) is 25.8 Å². The quantitative estimate of drug-likeness (QED) is 0.870. The molecule has 0 aliphatic carbocycles. The van der Waals surface area contributed by atoms with E-state index in [9.17, 15) is 4.79 Å². The van der Waals surface area contributed by atoms with Crippen LogP contribution in [0.1, 0.15) is 40.8 Å². The van der Waals surface area contributed by atoms with Crippen LogP contribution in [-0.4, -0.2) is 40.6 Å². The Bertz CT molecular complexity index is 633. The Kier molecular flexibility index (Phi) is 4.29. The number of nitrogens with zero attached hydrogens (tertiary/aromatic N) is 3. The molecule has 1 aliphatic rings. The Morgan fingerprint density at radius 2 is 2.41 bits per heavy atom. The van der Waals surface area contributed by atoms with Crippen LogP contribution < -0.4 is 0 Å². The molecule has 1 amide bonds. The van der Waals surface area contributed by atoms with Crippen LogP contribution in [0.15, 0.2) is 29.2 Å². The number of carbonyl (C=O) groups excluding carboxylic acids is 1. The van der Waals surface area contributed by atoms with E-state index in [2.05, 4.69) is 9.55 Å². The molecule has 0 aromatic carbocycles. The zero-order valence-electron chi connectivity index (χ0n) is 13.0.